The van der Waals surface area contributed by atoms with Crippen LogP contribution < -0.4 is 5.73 Å². The minimum atomic E-state index is 0.651. The third kappa shape index (κ3) is 1.59. The molecule has 0 bridgehead atoms. The summed E-state index contributed by atoms with van der Waals surface area (Å²) in [5.41, 5.74) is 10.0. The maximum Gasteiger partial charge on any atom is 0.147 e. The molecule has 4 aromatic rings. The molecule has 0 aliphatic carbocycles. The molecule has 3 heterocycles. The Morgan fingerprint density at radius 2 is 1.95 bits per heavy atom. The maximum absolute atomic E-state index is 6.35. The van der Waals surface area contributed by atoms with E-state index in [1.54, 1.807) is 6.26 Å². The molecule has 2 N–H and O–H groups in total. The van der Waals surface area contributed by atoms with Gasteiger partial charge in [-0.25, -0.2) is 4.98 Å². The fourth-order valence-corrected chi connectivity index (χ4v) is 2.92. The van der Waals surface area contributed by atoms with Crippen molar-refractivity contribution < 1.29 is 4.42 Å². The highest BCUT2D eigenvalue weighted by molar-refractivity contribution is 5.97. The summed E-state index contributed by atoms with van der Waals surface area (Å²) >= 11 is 0. The van der Waals surface area contributed by atoms with Gasteiger partial charge in [0.15, 0.2) is 0 Å². The van der Waals surface area contributed by atoms with Crippen molar-refractivity contribution in [2.24, 2.45) is 0 Å². The van der Waals surface area contributed by atoms with Gasteiger partial charge in [-0.2, -0.15) is 0 Å². The van der Waals surface area contributed by atoms with Crippen molar-refractivity contribution >= 4 is 22.2 Å². The first kappa shape index (κ1) is 12.0. The average molecular weight is 277 g/mol. The van der Waals surface area contributed by atoms with Crippen LogP contribution in [0.1, 0.15) is 11.5 Å². The van der Waals surface area contributed by atoms with Crippen LogP contribution >= 0.6 is 0 Å². The minimum absolute atomic E-state index is 0.651. The SMILES string of the molecule is Cc1occc1-c1nc2c3ccccc3cc(C)n2c1N. The topological polar surface area (TPSA) is 56.5 Å². The van der Waals surface area contributed by atoms with E-state index in [0.29, 0.717) is 5.82 Å². The van der Waals surface area contributed by atoms with E-state index < -0.39 is 0 Å². The monoisotopic (exact) mass is 277 g/mol. The molecule has 0 atom stereocenters. The Labute approximate surface area is 121 Å². The number of anilines is 1. The summed E-state index contributed by atoms with van der Waals surface area (Å²) in [5, 5.41) is 2.27. The van der Waals surface area contributed by atoms with Crippen LogP contribution in [0.4, 0.5) is 5.82 Å². The van der Waals surface area contributed by atoms with Crippen molar-refractivity contribution in [1.82, 2.24) is 9.38 Å². The van der Waals surface area contributed by atoms with Crippen molar-refractivity contribution in [1.29, 1.82) is 0 Å². The van der Waals surface area contributed by atoms with E-state index in [1.165, 1.54) is 5.39 Å². The number of hydrogen-bond donors (Lipinski definition) is 1. The van der Waals surface area contributed by atoms with Crippen molar-refractivity contribution in [2.75, 3.05) is 5.73 Å². The first-order valence-corrected chi connectivity index (χ1v) is 6.87. The van der Waals surface area contributed by atoms with Gasteiger partial charge in [-0.15, -0.1) is 0 Å². The van der Waals surface area contributed by atoms with Crippen LogP contribution in [-0.4, -0.2) is 9.38 Å². The number of benzene rings is 1. The Kier molecular flexibility index (Phi) is 2.36. The normalized spacial score (nSPS) is 11.5. The number of pyridine rings is 1. The molecule has 21 heavy (non-hydrogen) atoms. The summed E-state index contributed by atoms with van der Waals surface area (Å²) in [5.74, 6) is 1.48. The van der Waals surface area contributed by atoms with Crippen molar-refractivity contribution in [3.8, 4) is 11.3 Å². The molecule has 0 aliphatic rings. The summed E-state index contributed by atoms with van der Waals surface area (Å²) in [4.78, 5) is 4.78. The average Bonchev–Trinajstić information content (AvgIpc) is 3.03. The van der Waals surface area contributed by atoms with Crippen molar-refractivity contribution in [3.63, 3.8) is 0 Å². The van der Waals surface area contributed by atoms with E-state index >= 15 is 0 Å². The van der Waals surface area contributed by atoms with E-state index in [4.69, 9.17) is 15.1 Å². The smallest absolute Gasteiger partial charge is 0.147 e. The quantitative estimate of drug-likeness (QED) is 0.573. The van der Waals surface area contributed by atoms with E-state index in [0.717, 1.165) is 33.7 Å². The molecule has 0 radical (unpaired) electrons. The third-order valence-corrected chi connectivity index (χ3v) is 3.95. The minimum Gasteiger partial charge on any atom is -0.469 e. The lowest BCUT2D eigenvalue weighted by molar-refractivity contribution is 0.535. The number of nitrogens with zero attached hydrogens (tertiary/aromatic N) is 2. The summed E-state index contributed by atoms with van der Waals surface area (Å²) in [6.45, 7) is 3.97. The molecule has 4 rings (SSSR count). The molecule has 0 amide bonds. The van der Waals surface area contributed by atoms with Crippen LogP contribution in [0, 0.1) is 13.8 Å². The van der Waals surface area contributed by atoms with Gasteiger partial charge in [-0.05, 0) is 31.4 Å². The zero-order valence-corrected chi connectivity index (χ0v) is 11.9. The van der Waals surface area contributed by atoms with Crippen molar-refractivity contribution in [3.05, 3.63) is 54.1 Å². The van der Waals surface area contributed by atoms with Crippen LogP contribution in [0.2, 0.25) is 0 Å². The largest absolute Gasteiger partial charge is 0.469 e. The lowest BCUT2D eigenvalue weighted by atomic mass is 10.1. The van der Waals surface area contributed by atoms with Gasteiger partial charge in [-0.1, -0.05) is 24.3 Å². The number of nitrogen functional groups attached to an aromatic ring is 1. The van der Waals surface area contributed by atoms with Gasteiger partial charge in [0, 0.05) is 16.6 Å². The van der Waals surface area contributed by atoms with E-state index in [-0.39, 0.29) is 0 Å². The second-order valence-corrected chi connectivity index (χ2v) is 5.27. The standard InChI is InChI=1S/C17H15N3O/c1-10-9-12-5-3-4-6-14(12)17-19-15(16(18)20(10)17)13-7-8-21-11(13)2/h3-9H,18H2,1-2H3. The molecule has 0 saturated heterocycles. The molecule has 0 saturated carbocycles. The van der Waals surface area contributed by atoms with E-state index in [9.17, 15) is 0 Å². The number of hydrogen-bond acceptors (Lipinski definition) is 3. The third-order valence-electron chi connectivity index (χ3n) is 3.95. The molecule has 4 heteroatoms. The second-order valence-electron chi connectivity index (χ2n) is 5.27. The van der Waals surface area contributed by atoms with Gasteiger partial charge in [0.1, 0.15) is 22.9 Å². The molecule has 0 aliphatic heterocycles. The molecule has 0 spiro atoms. The highest BCUT2D eigenvalue weighted by Gasteiger charge is 2.17. The van der Waals surface area contributed by atoms with E-state index in [1.807, 2.05) is 36.4 Å². The van der Waals surface area contributed by atoms with Gasteiger partial charge >= 0.3 is 0 Å². The summed E-state index contributed by atoms with van der Waals surface area (Å²) in [7, 11) is 0. The molecule has 0 fully saturated rings. The number of nitrogens with two attached hydrogens (primary N) is 1. The highest BCUT2D eigenvalue weighted by Crippen LogP contribution is 2.33. The Hall–Kier alpha value is -2.75. The van der Waals surface area contributed by atoms with Crippen LogP contribution in [-0.2, 0) is 0 Å². The Morgan fingerprint density at radius 3 is 2.71 bits per heavy atom. The molecule has 104 valence electrons. The van der Waals surface area contributed by atoms with E-state index in [2.05, 4.69) is 18.2 Å². The summed E-state index contributed by atoms with van der Waals surface area (Å²) < 4.78 is 7.39. The second kappa shape index (κ2) is 4.12. The predicted octanol–water partition coefficient (Wildman–Crippen LogP) is 3.95. The fourth-order valence-electron chi connectivity index (χ4n) is 2.92. The zero-order valence-electron chi connectivity index (χ0n) is 11.9. The summed E-state index contributed by atoms with van der Waals surface area (Å²) in [6, 6.07) is 12.3. The number of fused-ring (bicyclic) bond motifs is 3. The number of aromatic nitrogens is 2. The number of rotatable bonds is 1. The lowest BCUT2D eigenvalue weighted by Gasteiger charge is -2.05. The first-order chi connectivity index (χ1) is 10.2. The fraction of sp³-hybridized carbons (Fsp3) is 0.118. The molecule has 0 unspecified atom stereocenters. The highest BCUT2D eigenvalue weighted by atomic mass is 16.3. The van der Waals surface area contributed by atoms with Crippen molar-refractivity contribution in [2.45, 2.75) is 13.8 Å². The summed E-state index contributed by atoms with van der Waals surface area (Å²) in [6.07, 6.45) is 1.67. The van der Waals surface area contributed by atoms with Gasteiger partial charge in [0.2, 0.25) is 0 Å². The molecule has 4 nitrogen and oxygen atoms in total. The predicted molar refractivity (Wildman–Crippen MR) is 84.3 cm³/mol. The molecular weight excluding hydrogens is 262 g/mol. The Morgan fingerprint density at radius 1 is 1.14 bits per heavy atom. The van der Waals surface area contributed by atoms with Gasteiger partial charge in [-0.3, -0.25) is 4.40 Å². The number of furan rings is 1. The maximum atomic E-state index is 6.35. The molecule has 1 aromatic carbocycles. The zero-order chi connectivity index (χ0) is 14.6. The lowest BCUT2D eigenvalue weighted by Crippen LogP contribution is -1.98. The molecular formula is C17H15N3O. The van der Waals surface area contributed by atoms with Gasteiger partial charge in [0.05, 0.1) is 6.26 Å². The van der Waals surface area contributed by atoms with Crippen LogP contribution in [0.3, 0.4) is 0 Å². The number of imidazole rings is 1. The molecule has 3 aromatic heterocycles. The van der Waals surface area contributed by atoms with Crippen LogP contribution in [0.15, 0.2) is 47.1 Å². The Bertz CT molecular complexity index is 978. The van der Waals surface area contributed by atoms with Gasteiger partial charge in [0.25, 0.3) is 0 Å². The van der Waals surface area contributed by atoms with Crippen LogP contribution in [0.5, 0.6) is 0 Å². The Balaban J connectivity index is 2.17. The van der Waals surface area contributed by atoms with Crippen LogP contribution in [0.25, 0.3) is 27.7 Å². The first-order valence-electron chi connectivity index (χ1n) is 6.87. The number of aryl methyl sites for hydroxylation is 2. The van der Waals surface area contributed by atoms with Gasteiger partial charge < -0.3 is 10.2 Å².